The highest BCUT2D eigenvalue weighted by atomic mass is 32.2. The number of sulfone groups is 1. The molecule has 1 saturated heterocycles. The molecule has 0 saturated carbocycles. The van der Waals surface area contributed by atoms with E-state index in [1.165, 1.54) is 6.07 Å². The minimum absolute atomic E-state index is 0.0578. The summed E-state index contributed by atoms with van der Waals surface area (Å²) in [5, 5.41) is 19.2. The van der Waals surface area contributed by atoms with E-state index in [4.69, 9.17) is 0 Å². The highest BCUT2D eigenvalue weighted by molar-refractivity contribution is 7.92. The Bertz CT molecular complexity index is 787. The summed E-state index contributed by atoms with van der Waals surface area (Å²) in [5.74, 6) is -0.916. The number of benzene rings is 1. The average Bonchev–Trinajstić information content (AvgIpc) is 2.71. The highest BCUT2D eigenvalue weighted by Crippen LogP contribution is 2.27. The molecule has 7 nitrogen and oxygen atoms in total. The molecule has 0 aliphatic carbocycles. The Morgan fingerprint density at radius 2 is 1.91 bits per heavy atom. The predicted molar refractivity (Wildman–Crippen MR) is 85.3 cm³/mol. The minimum atomic E-state index is -4.03. The normalized spacial score (nSPS) is 24.2. The number of nitrogens with zero attached hydrogens (tertiary/aromatic N) is 1. The van der Waals surface area contributed by atoms with Gasteiger partial charge in [0.05, 0.1) is 35.2 Å². The van der Waals surface area contributed by atoms with E-state index in [0.29, 0.717) is 5.56 Å². The van der Waals surface area contributed by atoms with Crippen LogP contribution in [0.4, 0.5) is 0 Å². The molecule has 2 atom stereocenters. The molecule has 1 aromatic rings. The van der Waals surface area contributed by atoms with Crippen LogP contribution in [-0.2, 0) is 19.9 Å². The number of hydrogen-bond donors (Lipinski definition) is 2. The molecule has 9 heteroatoms. The summed E-state index contributed by atoms with van der Waals surface area (Å²) in [6.07, 6.45) is -1.30. The standard InChI is InChI=1S/C14H21NO6S2/c1-10-3-4-11(2)14(7-10)23(20,21)15(5-6-16)12-8-22(18,19)9-13(12)17/h3-4,7,12-13,16-17H,5-6,8-9H2,1-2H3/t12-,13+/m0/s1. The van der Waals surface area contributed by atoms with Crippen molar-refractivity contribution in [3.63, 3.8) is 0 Å². The maximum Gasteiger partial charge on any atom is 0.243 e. The third kappa shape index (κ3) is 3.74. The lowest BCUT2D eigenvalue weighted by atomic mass is 10.2. The second-order valence-electron chi connectivity index (χ2n) is 5.82. The molecule has 1 heterocycles. The van der Waals surface area contributed by atoms with Crippen molar-refractivity contribution < 1.29 is 27.0 Å². The van der Waals surface area contributed by atoms with Gasteiger partial charge in [0.2, 0.25) is 10.0 Å². The molecule has 0 amide bonds. The summed E-state index contributed by atoms with van der Waals surface area (Å²) in [7, 11) is -7.54. The fourth-order valence-electron chi connectivity index (χ4n) is 2.76. The van der Waals surface area contributed by atoms with Gasteiger partial charge in [-0.05, 0) is 31.0 Å². The van der Waals surface area contributed by atoms with Crippen molar-refractivity contribution >= 4 is 19.9 Å². The maximum atomic E-state index is 12.9. The van der Waals surface area contributed by atoms with E-state index in [1.54, 1.807) is 26.0 Å². The first-order valence-corrected chi connectivity index (χ1v) is 10.4. The van der Waals surface area contributed by atoms with Crippen molar-refractivity contribution in [2.24, 2.45) is 0 Å². The van der Waals surface area contributed by atoms with Gasteiger partial charge in [-0.1, -0.05) is 12.1 Å². The first-order valence-electron chi connectivity index (χ1n) is 7.17. The summed E-state index contributed by atoms with van der Waals surface area (Å²) < 4.78 is 50.2. The molecular weight excluding hydrogens is 342 g/mol. The Morgan fingerprint density at radius 1 is 1.26 bits per heavy atom. The second kappa shape index (κ2) is 6.48. The van der Waals surface area contributed by atoms with Crippen LogP contribution in [0.5, 0.6) is 0 Å². The predicted octanol–water partition coefficient (Wildman–Crippen LogP) is -0.556. The van der Waals surface area contributed by atoms with Gasteiger partial charge in [0.1, 0.15) is 0 Å². The Kier molecular flexibility index (Phi) is 5.17. The molecule has 1 aliphatic rings. The number of sulfonamides is 1. The van der Waals surface area contributed by atoms with Gasteiger partial charge in [0.25, 0.3) is 0 Å². The van der Waals surface area contributed by atoms with E-state index in [1.807, 2.05) is 0 Å². The van der Waals surface area contributed by atoms with Crippen LogP contribution in [0, 0.1) is 13.8 Å². The van der Waals surface area contributed by atoms with Crippen LogP contribution in [0.3, 0.4) is 0 Å². The lowest BCUT2D eigenvalue weighted by Crippen LogP contribution is -2.48. The fourth-order valence-corrected chi connectivity index (χ4v) is 6.61. The fraction of sp³-hybridized carbons (Fsp3) is 0.571. The highest BCUT2D eigenvalue weighted by Gasteiger charge is 2.44. The number of aliphatic hydroxyl groups excluding tert-OH is 2. The second-order valence-corrected chi connectivity index (χ2v) is 9.83. The van der Waals surface area contributed by atoms with Crippen LogP contribution < -0.4 is 0 Å². The van der Waals surface area contributed by atoms with E-state index in [0.717, 1.165) is 9.87 Å². The molecule has 130 valence electrons. The van der Waals surface area contributed by atoms with Gasteiger partial charge in [0, 0.05) is 6.54 Å². The van der Waals surface area contributed by atoms with Crippen LogP contribution in [0.2, 0.25) is 0 Å². The first-order chi connectivity index (χ1) is 10.6. The third-order valence-electron chi connectivity index (χ3n) is 3.91. The number of rotatable bonds is 5. The lowest BCUT2D eigenvalue weighted by molar-refractivity contribution is 0.117. The zero-order chi connectivity index (χ0) is 17.4. The largest absolute Gasteiger partial charge is 0.395 e. The zero-order valence-electron chi connectivity index (χ0n) is 13.0. The summed E-state index contributed by atoms with van der Waals surface area (Å²) in [6.45, 7) is 2.66. The molecule has 2 rings (SSSR count). The maximum absolute atomic E-state index is 12.9. The third-order valence-corrected chi connectivity index (χ3v) is 7.68. The molecule has 1 aromatic carbocycles. The van der Waals surface area contributed by atoms with Gasteiger partial charge >= 0.3 is 0 Å². The van der Waals surface area contributed by atoms with E-state index < -0.39 is 50.1 Å². The molecule has 2 N–H and O–H groups in total. The Hall–Kier alpha value is -1.00. The van der Waals surface area contributed by atoms with Gasteiger partial charge < -0.3 is 10.2 Å². The van der Waals surface area contributed by atoms with Crippen LogP contribution >= 0.6 is 0 Å². The van der Waals surface area contributed by atoms with E-state index in [-0.39, 0.29) is 11.4 Å². The quantitative estimate of drug-likeness (QED) is 0.726. The Morgan fingerprint density at radius 3 is 2.43 bits per heavy atom. The van der Waals surface area contributed by atoms with Gasteiger partial charge in [-0.25, -0.2) is 16.8 Å². The van der Waals surface area contributed by atoms with E-state index in [2.05, 4.69) is 0 Å². The van der Waals surface area contributed by atoms with Crippen molar-refractivity contribution in [3.8, 4) is 0 Å². The van der Waals surface area contributed by atoms with Crippen molar-refractivity contribution in [1.82, 2.24) is 4.31 Å². The van der Waals surface area contributed by atoms with Gasteiger partial charge in [-0.15, -0.1) is 0 Å². The van der Waals surface area contributed by atoms with E-state index >= 15 is 0 Å². The van der Waals surface area contributed by atoms with Crippen LogP contribution in [0.25, 0.3) is 0 Å². The molecule has 0 unspecified atom stereocenters. The molecule has 0 spiro atoms. The SMILES string of the molecule is Cc1ccc(C)c(S(=O)(=O)N(CCO)[C@H]2CS(=O)(=O)C[C@H]2O)c1. The lowest BCUT2D eigenvalue weighted by Gasteiger charge is -2.29. The minimum Gasteiger partial charge on any atom is -0.395 e. The molecule has 0 radical (unpaired) electrons. The molecule has 0 aromatic heterocycles. The van der Waals surface area contributed by atoms with Gasteiger partial charge in [-0.3, -0.25) is 0 Å². The van der Waals surface area contributed by atoms with Crippen molar-refractivity contribution in [3.05, 3.63) is 29.3 Å². The van der Waals surface area contributed by atoms with Crippen molar-refractivity contribution in [2.75, 3.05) is 24.7 Å². The Labute approximate surface area is 136 Å². The first kappa shape index (κ1) is 18.3. The average molecular weight is 363 g/mol. The molecule has 23 heavy (non-hydrogen) atoms. The molecule has 1 fully saturated rings. The number of hydrogen-bond acceptors (Lipinski definition) is 6. The summed E-state index contributed by atoms with van der Waals surface area (Å²) in [4.78, 5) is 0.0578. The van der Waals surface area contributed by atoms with Crippen molar-refractivity contribution in [1.29, 1.82) is 0 Å². The molecule has 1 aliphatic heterocycles. The summed E-state index contributed by atoms with van der Waals surface area (Å²) in [6, 6.07) is 3.86. The number of aryl methyl sites for hydroxylation is 2. The van der Waals surface area contributed by atoms with Crippen molar-refractivity contribution in [2.45, 2.75) is 30.9 Å². The molecular formula is C14H21NO6S2. The van der Waals surface area contributed by atoms with Crippen LogP contribution in [0.15, 0.2) is 23.1 Å². The van der Waals surface area contributed by atoms with Gasteiger partial charge in [0.15, 0.2) is 9.84 Å². The summed E-state index contributed by atoms with van der Waals surface area (Å²) >= 11 is 0. The summed E-state index contributed by atoms with van der Waals surface area (Å²) in [5.41, 5.74) is 1.27. The van der Waals surface area contributed by atoms with Crippen LogP contribution in [-0.4, -0.2) is 68.2 Å². The smallest absolute Gasteiger partial charge is 0.243 e. The topological polar surface area (TPSA) is 112 Å². The number of aliphatic hydroxyl groups is 2. The Balaban J connectivity index is 2.50. The monoisotopic (exact) mass is 363 g/mol. The van der Waals surface area contributed by atoms with Crippen LogP contribution in [0.1, 0.15) is 11.1 Å². The molecule has 0 bridgehead atoms. The zero-order valence-corrected chi connectivity index (χ0v) is 14.6. The van der Waals surface area contributed by atoms with Gasteiger partial charge in [-0.2, -0.15) is 4.31 Å². The van der Waals surface area contributed by atoms with E-state index in [9.17, 15) is 27.0 Å².